The Balaban J connectivity index is 0.000000671. The van der Waals surface area contributed by atoms with E-state index in [-0.39, 0.29) is 0 Å². The van der Waals surface area contributed by atoms with E-state index in [2.05, 4.69) is 25.3 Å². The third-order valence-corrected chi connectivity index (χ3v) is 2.76. The fourth-order valence-electron chi connectivity index (χ4n) is 1.97. The van der Waals surface area contributed by atoms with Gasteiger partial charge in [0.1, 0.15) is 0 Å². The first kappa shape index (κ1) is 12.7. The maximum Gasteiger partial charge on any atom is 0.0250 e. The van der Waals surface area contributed by atoms with Crippen LogP contribution >= 0.6 is 0 Å². The molecule has 1 fully saturated rings. The molecule has 0 aliphatic carbocycles. The van der Waals surface area contributed by atoms with Crippen molar-refractivity contribution in [2.24, 2.45) is 0 Å². The van der Waals surface area contributed by atoms with Crippen LogP contribution in [0.25, 0.3) is 0 Å². The standard InChI is InChI=1S/C10H19N.C2H6/c1-4-9(3)11-8-6-7-10(11)5-2;1-2/h4,9-10H,1,5-8H2,2-3H3;1-2H3. The second kappa shape index (κ2) is 7.14. The molecule has 0 spiro atoms. The van der Waals surface area contributed by atoms with Crippen LogP contribution in [0.4, 0.5) is 0 Å². The summed E-state index contributed by atoms with van der Waals surface area (Å²) < 4.78 is 0. The summed E-state index contributed by atoms with van der Waals surface area (Å²) in [6.07, 6.45) is 6.09. The van der Waals surface area contributed by atoms with E-state index >= 15 is 0 Å². The summed E-state index contributed by atoms with van der Waals surface area (Å²) in [6.45, 7) is 13.6. The first-order valence-corrected chi connectivity index (χ1v) is 5.68. The summed E-state index contributed by atoms with van der Waals surface area (Å²) in [5.74, 6) is 0. The average Bonchev–Trinajstić information content (AvgIpc) is 2.67. The molecule has 0 saturated carbocycles. The maximum atomic E-state index is 3.83. The van der Waals surface area contributed by atoms with E-state index in [1.807, 2.05) is 19.9 Å². The quantitative estimate of drug-likeness (QED) is 0.606. The molecule has 0 N–H and O–H groups in total. The summed E-state index contributed by atoms with van der Waals surface area (Å²) in [5, 5.41) is 0. The largest absolute Gasteiger partial charge is 0.294 e. The zero-order valence-electron chi connectivity index (χ0n) is 9.71. The summed E-state index contributed by atoms with van der Waals surface area (Å²) >= 11 is 0. The summed E-state index contributed by atoms with van der Waals surface area (Å²) in [6, 6.07) is 1.39. The van der Waals surface area contributed by atoms with E-state index < -0.39 is 0 Å². The first-order chi connectivity index (χ1) is 6.29. The van der Waals surface area contributed by atoms with Crippen molar-refractivity contribution < 1.29 is 0 Å². The van der Waals surface area contributed by atoms with Gasteiger partial charge >= 0.3 is 0 Å². The van der Waals surface area contributed by atoms with Crippen molar-refractivity contribution in [1.29, 1.82) is 0 Å². The van der Waals surface area contributed by atoms with Crippen LogP contribution in [0.5, 0.6) is 0 Å². The third kappa shape index (κ3) is 3.51. The van der Waals surface area contributed by atoms with Crippen molar-refractivity contribution in [2.45, 2.75) is 59.0 Å². The zero-order valence-corrected chi connectivity index (χ0v) is 9.71. The van der Waals surface area contributed by atoms with Gasteiger partial charge in [0.2, 0.25) is 0 Å². The second-order valence-corrected chi connectivity index (χ2v) is 3.42. The SMILES string of the molecule is C=CC(C)N1CCCC1CC.CC. The predicted octanol–water partition coefficient (Wildman–Crippen LogP) is 3.46. The van der Waals surface area contributed by atoms with Crippen molar-refractivity contribution in [3.05, 3.63) is 12.7 Å². The highest BCUT2D eigenvalue weighted by Gasteiger charge is 2.24. The zero-order chi connectivity index (χ0) is 10.3. The van der Waals surface area contributed by atoms with Gasteiger partial charge in [0.05, 0.1) is 0 Å². The van der Waals surface area contributed by atoms with Crippen LogP contribution in [-0.4, -0.2) is 23.5 Å². The Kier molecular flexibility index (Phi) is 6.97. The van der Waals surface area contributed by atoms with Crippen LogP contribution < -0.4 is 0 Å². The van der Waals surface area contributed by atoms with Gasteiger partial charge in [-0.15, -0.1) is 6.58 Å². The van der Waals surface area contributed by atoms with E-state index in [0.29, 0.717) is 6.04 Å². The molecule has 1 heterocycles. The predicted molar refractivity (Wildman–Crippen MR) is 61.0 cm³/mol. The van der Waals surface area contributed by atoms with Gasteiger partial charge in [0, 0.05) is 12.1 Å². The number of nitrogens with zero attached hydrogens (tertiary/aromatic N) is 1. The smallest absolute Gasteiger partial charge is 0.0250 e. The summed E-state index contributed by atoms with van der Waals surface area (Å²) in [4.78, 5) is 2.56. The van der Waals surface area contributed by atoms with Gasteiger partial charge in [0.25, 0.3) is 0 Å². The van der Waals surface area contributed by atoms with E-state index in [0.717, 1.165) is 6.04 Å². The molecule has 1 aliphatic rings. The van der Waals surface area contributed by atoms with Crippen molar-refractivity contribution in [1.82, 2.24) is 4.90 Å². The van der Waals surface area contributed by atoms with E-state index in [1.54, 1.807) is 0 Å². The van der Waals surface area contributed by atoms with Crippen LogP contribution in [-0.2, 0) is 0 Å². The average molecular weight is 183 g/mol. The molecule has 0 radical (unpaired) electrons. The van der Waals surface area contributed by atoms with Crippen LogP contribution in [0.15, 0.2) is 12.7 Å². The van der Waals surface area contributed by atoms with E-state index in [4.69, 9.17) is 0 Å². The third-order valence-electron chi connectivity index (χ3n) is 2.76. The lowest BCUT2D eigenvalue weighted by Crippen LogP contribution is -2.35. The minimum atomic E-state index is 0.572. The Morgan fingerprint density at radius 2 is 2.15 bits per heavy atom. The minimum absolute atomic E-state index is 0.572. The van der Waals surface area contributed by atoms with Gasteiger partial charge < -0.3 is 0 Å². The van der Waals surface area contributed by atoms with Crippen LogP contribution in [0, 0.1) is 0 Å². The second-order valence-electron chi connectivity index (χ2n) is 3.42. The van der Waals surface area contributed by atoms with Gasteiger partial charge in [-0.05, 0) is 32.7 Å². The molecule has 0 aromatic carbocycles. The molecule has 0 aromatic heterocycles. The number of hydrogen-bond acceptors (Lipinski definition) is 1. The first-order valence-electron chi connectivity index (χ1n) is 5.68. The Labute approximate surface area is 83.8 Å². The Bertz CT molecular complexity index is 131. The van der Waals surface area contributed by atoms with Gasteiger partial charge in [-0.2, -0.15) is 0 Å². The fraction of sp³-hybridized carbons (Fsp3) is 0.833. The molecule has 1 aliphatic heterocycles. The number of hydrogen-bond donors (Lipinski definition) is 0. The highest BCUT2D eigenvalue weighted by Crippen LogP contribution is 2.22. The fourth-order valence-corrected chi connectivity index (χ4v) is 1.97. The van der Waals surface area contributed by atoms with Gasteiger partial charge in [0.15, 0.2) is 0 Å². The molecule has 0 aromatic rings. The number of likely N-dealkylation sites (tertiary alicyclic amines) is 1. The molecule has 0 bridgehead atoms. The van der Waals surface area contributed by atoms with Crippen molar-refractivity contribution in [2.75, 3.05) is 6.54 Å². The van der Waals surface area contributed by atoms with Crippen molar-refractivity contribution in [3.63, 3.8) is 0 Å². The van der Waals surface area contributed by atoms with E-state index in [9.17, 15) is 0 Å². The normalized spacial score (nSPS) is 24.8. The molecular weight excluding hydrogens is 158 g/mol. The molecule has 1 saturated heterocycles. The molecule has 2 unspecified atom stereocenters. The van der Waals surface area contributed by atoms with Gasteiger partial charge in [-0.1, -0.05) is 26.8 Å². The molecule has 1 nitrogen and oxygen atoms in total. The van der Waals surface area contributed by atoms with Crippen LogP contribution in [0.3, 0.4) is 0 Å². The molecule has 2 atom stereocenters. The van der Waals surface area contributed by atoms with E-state index in [1.165, 1.54) is 25.8 Å². The summed E-state index contributed by atoms with van der Waals surface area (Å²) in [5.41, 5.74) is 0. The maximum absolute atomic E-state index is 3.83. The summed E-state index contributed by atoms with van der Waals surface area (Å²) in [7, 11) is 0. The highest BCUT2D eigenvalue weighted by atomic mass is 15.2. The Morgan fingerprint density at radius 3 is 2.62 bits per heavy atom. The minimum Gasteiger partial charge on any atom is -0.294 e. The number of rotatable bonds is 3. The Hall–Kier alpha value is -0.300. The monoisotopic (exact) mass is 183 g/mol. The highest BCUT2D eigenvalue weighted by molar-refractivity contribution is 4.90. The molecule has 78 valence electrons. The van der Waals surface area contributed by atoms with Gasteiger partial charge in [-0.3, -0.25) is 4.90 Å². The Morgan fingerprint density at radius 1 is 1.54 bits per heavy atom. The van der Waals surface area contributed by atoms with Crippen LogP contribution in [0.2, 0.25) is 0 Å². The molecular formula is C12H25N. The van der Waals surface area contributed by atoms with Gasteiger partial charge in [-0.25, -0.2) is 0 Å². The molecule has 1 rings (SSSR count). The topological polar surface area (TPSA) is 3.24 Å². The van der Waals surface area contributed by atoms with Crippen molar-refractivity contribution in [3.8, 4) is 0 Å². The lowest BCUT2D eigenvalue weighted by atomic mass is 10.1. The molecule has 1 heteroatoms. The lowest BCUT2D eigenvalue weighted by Gasteiger charge is -2.27. The molecule has 0 amide bonds. The van der Waals surface area contributed by atoms with Crippen molar-refractivity contribution >= 4 is 0 Å². The molecule has 13 heavy (non-hydrogen) atoms. The van der Waals surface area contributed by atoms with Crippen LogP contribution in [0.1, 0.15) is 47.0 Å². The lowest BCUT2D eigenvalue weighted by molar-refractivity contribution is 0.218.